The molecule has 0 amide bonds. The van der Waals surface area contributed by atoms with E-state index in [-0.39, 0.29) is 12.5 Å². The highest BCUT2D eigenvalue weighted by molar-refractivity contribution is 7.92. The van der Waals surface area contributed by atoms with Gasteiger partial charge in [0.25, 0.3) is 15.7 Å². The third-order valence-corrected chi connectivity index (χ3v) is 6.40. The van der Waals surface area contributed by atoms with Gasteiger partial charge in [0, 0.05) is 6.54 Å². The Bertz CT molecular complexity index is 965. The number of nitro groups is 1. The van der Waals surface area contributed by atoms with Crippen molar-refractivity contribution in [3.05, 3.63) is 62.9 Å². The molecule has 0 fully saturated rings. The first kappa shape index (κ1) is 17.6. The molecule has 0 saturated heterocycles. The molecule has 25 heavy (non-hydrogen) atoms. The summed E-state index contributed by atoms with van der Waals surface area (Å²) in [6.07, 6.45) is 0.582. The smallest absolute Gasteiger partial charge is 0.266 e. The summed E-state index contributed by atoms with van der Waals surface area (Å²) in [6.45, 7) is 2.18. The number of nitrogens with zero attached hydrogens (tertiary/aromatic N) is 2. The lowest BCUT2D eigenvalue weighted by Gasteiger charge is -2.33. The number of hydrogen-bond acceptors (Lipinski definition) is 4. The van der Waals surface area contributed by atoms with Crippen molar-refractivity contribution >= 4 is 33.0 Å². The highest BCUT2D eigenvalue weighted by Gasteiger charge is 2.34. The minimum Gasteiger partial charge on any atom is -0.266 e. The van der Waals surface area contributed by atoms with E-state index in [0.29, 0.717) is 18.2 Å². The first-order chi connectivity index (χ1) is 11.7. The summed E-state index contributed by atoms with van der Waals surface area (Å²) in [6, 6.07) is 8.35. The quantitative estimate of drug-likeness (QED) is 0.589. The molecule has 0 radical (unpaired) electrons. The lowest BCUT2D eigenvalue weighted by Crippen LogP contribution is -2.36. The zero-order valence-electron chi connectivity index (χ0n) is 13.1. The minimum atomic E-state index is -4.24. The van der Waals surface area contributed by atoms with Crippen LogP contribution in [0.1, 0.15) is 24.8 Å². The van der Waals surface area contributed by atoms with Crippen LogP contribution in [0.25, 0.3) is 0 Å². The van der Waals surface area contributed by atoms with Crippen LogP contribution in [-0.4, -0.2) is 19.9 Å². The first-order valence-corrected chi connectivity index (χ1v) is 9.30. The van der Waals surface area contributed by atoms with E-state index in [1.54, 1.807) is 12.1 Å². The Morgan fingerprint density at radius 2 is 2.00 bits per heavy atom. The fourth-order valence-electron chi connectivity index (χ4n) is 2.94. The van der Waals surface area contributed by atoms with Gasteiger partial charge in [-0.25, -0.2) is 12.8 Å². The molecule has 0 aliphatic carbocycles. The molecule has 3 rings (SSSR count). The van der Waals surface area contributed by atoms with Crippen molar-refractivity contribution in [2.45, 2.75) is 24.2 Å². The Balaban J connectivity index is 2.14. The van der Waals surface area contributed by atoms with Gasteiger partial charge in [-0.2, -0.15) is 0 Å². The number of nitro benzene ring substituents is 1. The van der Waals surface area contributed by atoms with Crippen molar-refractivity contribution in [3.63, 3.8) is 0 Å². The number of benzene rings is 2. The van der Waals surface area contributed by atoms with Gasteiger partial charge in [0.15, 0.2) is 5.82 Å². The predicted molar refractivity (Wildman–Crippen MR) is 92.1 cm³/mol. The van der Waals surface area contributed by atoms with Gasteiger partial charge >= 0.3 is 0 Å². The average Bonchev–Trinajstić information content (AvgIpc) is 2.56. The van der Waals surface area contributed by atoms with Crippen molar-refractivity contribution in [1.29, 1.82) is 0 Å². The Morgan fingerprint density at radius 3 is 2.68 bits per heavy atom. The van der Waals surface area contributed by atoms with Gasteiger partial charge < -0.3 is 0 Å². The van der Waals surface area contributed by atoms with Gasteiger partial charge in [-0.15, -0.1) is 0 Å². The third kappa shape index (κ3) is 2.96. The Kier molecular flexibility index (Phi) is 4.42. The van der Waals surface area contributed by atoms with Crippen molar-refractivity contribution in [2.75, 3.05) is 10.8 Å². The number of anilines is 1. The fraction of sp³-hybridized carbons (Fsp3) is 0.250. The van der Waals surface area contributed by atoms with Crippen molar-refractivity contribution in [2.24, 2.45) is 0 Å². The molecule has 0 bridgehead atoms. The van der Waals surface area contributed by atoms with E-state index in [2.05, 4.69) is 0 Å². The summed E-state index contributed by atoms with van der Waals surface area (Å²) in [5.41, 5.74) is 0.659. The van der Waals surface area contributed by atoms with E-state index >= 15 is 0 Å². The predicted octanol–water partition coefficient (Wildman–Crippen LogP) is 4.09. The van der Waals surface area contributed by atoms with E-state index in [1.807, 2.05) is 19.1 Å². The zero-order valence-corrected chi connectivity index (χ0v) is 14.7. The largest absolute Gasteiger partial charge is 0.290 e. The van der Waals surface area contributed by atoms with Crippen LogP contribution in [0.5, 0.6) is 0 Å². The normalized spacial score (nSPS) is 17.2. The molecule has 0 spiro atoms. The molecule has 0 saturated carbocycles. The molecule has 1 atom stereocenters. The second-order valence-electron chi connectivity index (χ2n) is 5.82. The average molecular weight is 385 g/mol. The zero-order chi connectivity index (χ0) is 18.4. The van der Waals surface area contributed by atoms with Gasteiger partial charge in [-0.3, -0.25) is 14.4 Å². The molecule has 132 valence electrons. The topological polar surface area (TPSA) is 80.5 Å². The van der Waals surface area contributed by atoms with E-state index < -0.39 is 36.4 Å². The summed E-state index contributed by atoms with van der Waals surface area (Å²) >= 11 is 5.77. The Hall–Kier alpha value is -2.19. The summed E-state index contributed by atoms with van der Waals surface area (Å²) < 4.78 is 41.4. The van der Waals surface area contributed by atoms with Crippen LogP contribution in [-0.2, 0) is 10.0 Å². The third-order valence-electron chi connectivity index (χ3n) is 4.27. The minimum absolute atomic E-state index is 0.174. The van der Waals surface area contributed by atoms with Crippen molar-refractivity contribution in [3.8, 4) is 0 Å². The molecule has 0 aromatic heterocycles. The van der Waals surface area contributed by atoms with Crippen LogP contribution in [0.15, 0.2) is 41.3 Å². The van der Waals surface area contributed by atoms with E-state index in [9.17, 15) is 22.9 Å². The molecule has 1 aliphatic rings. The second-order valence-corrected chi connectivity index (χ2v) is 8.05. The Labute approximate surface area is 149 Å². The number of para-hydroxylation sites is 1. The van der Waals surface area contributed by atoms with E-state index in [4.69, 9.17) is 11.6 Å². The van der Waals surface area contributed by atoms with Gasteiger partial charge in [-0.05, 0) is 30.0 Å². The van der Waals surface area contributed by atoms with Gasteiger partial charge in [0.1, 0.15) is 9.92 Å². The highest BCUT2D eigenvalue weighted by atomic mass is 35.5. The van der Waals surface area contributed by atoms with Crippen molar-refractivity contribution < 1.29 is 17.7 Å². The SMILES string of the molecule is CC1CCN(S(=O)(=O)c2cc(Cl)c([N+](=O)[O-])cc2F)c2ccccc21. The van der Waals surface area contributed by atoms with Crippen LogP contribution in [0.4, 0.5) is 15.8 Å². The molecule has 1 unspecified atom stereocenters. The maximum Gasteiger partial charge on any atom is 0.290 e. The molecule has 1 aliphatic heterocycles. The number of rotatable bonds is 3. The number of fused-ring (bicyclic) bond motifs is 1. The van der Waals surface area contributed by atoms with Gasteiger partial charge in [-0.1, -0.05) is 36.7 Å². The number of hydrogen-bond donors (Lipinski definition) is 0. The van der Waals surface area contributed by atoms with Gasteiger partial charge in [0.2, 0.25) is 0 Å². The van der Waals surface area contributed by atoms with Crippen LogP contribution in [0, 0.1) is 15.9 Å². The molecule has 0 N–H and O–H groups in total. The van der Waals surface area contributed by atoms with Crippen LogP contribution in [0.2, 0.25) is 5.02 Å². The fourth-order valence-corrected chi connectivity index (χ4v) is 4.82. The molecular weight excluding hydrogens is 371 g/mol. The van der Waals surface area contributed by atoms with Gasteiger partial charge in [0.05, 0.1) is 16.7 Å². The molecule has 6 nitrogen and oxygen atoms in total. The molecule has 1 heterocycles. The van der Waals surface area contributed by atoms with Crippen molar-refractivity contribution in [1.82, 2.24) is 0 Å². The molecule has 2 aromatic carbocycles. The maximum absolute atomic E-state index is 14.3. The maximum atomic E-state index is 14.3. The molecule has 2 aromatic rings. The molecule has 9 heteroatoms. The second kappa shape index (κ2) is 6.27. The van der Waals surface area contributed by atoms with Crippen LogP contribution in [0.3, 0.4) is 0 Å². The lowest BCUT2D eigenvalue weighted by atomic mass is 9.93. The number of sulfonamides is 1. The summed E-state index contributed by atoms with van der Waals surface area (Å²) in [4.78, 5) is 9.30. The highest BCUT2D eigenvalue weighted by Crippen LogP contribution is 2.39. The summed E-state index contributed by atoms with van der Waals surface area (Å²) in [7, 11) is -4.24. The first-order valence-electron chi connectivity index (χ1n) is 7.48. The van der Waals surface area contributed by atoms with Crippen LogP contribution >= 0.6 is 11.6 Å². The monoisotopic (exact) mass is 384 g/mol. The Morgan fingerprint density at radius 1 is 1.32 bits per heavy atom. The summed E-state index contributed by atoms with van der Waals surface area (Å²) in [5, 5.41) is 10.4. The number of halogens is 2. The van der Waals surface area contributed by atoms with Crippen LogP contribution < -0.4 is 4.31 Å². The van der Waals surface area contributed by atoms with E-state index in [1.165, 1.54) is 0 Å². The lowest BCUT2D eigenvalue weighted by molar-refractivity contribution is -0.384. The van der Waals surface area contributed by atoms with E-state index in [0.717, 1.165) is 15.9 Å². The standard InChI is InChI=1S/C16H14ClFN2O4S/c1-10-6-7-19(14-5-3-2-4-11(10)14)25(23,24)16-8-12(17)15(20(21)22)9-13(16)18/h2-5,8-10H,6-7H2,1H3. The summed E-state index contributed by atoms with van der Waals surface area (Å²) in [5.74, 6) is -1.03. The molecular formula is C16H14ClFN2O4S.